The molecule has 7 nitrogen and oxygen atoms in total. The van der Waals surface area contributed by atoms with Crippen LogP contribution in [0.3, 0.4) is 0 Å². The van der Waals surface area contributed by atoms with Gasteiger partial charge in [0.1, 0.15) is 12.8 Å². The lowest BCUT2D eigenvalue weighted by molar-refractivity contribution is -0.184. The standard InChI is InChI=1S/C22H35ClFN3O4/c1-13-16(14(2)31-27-13)4-3-7-25-20(29)21-10-22(11-21,12-21)26-19(28)9-30-15-5-6-17(23)18(24)8-15/h13-18,27H,3-12H2,1-2H3,(H,25,29)(H,26,28). The number of hydroxylamine groups is 1. The van der Waals surface area contributed by atoms with Crippen LogP contribution in [0.25, 0.3) is 0 Å². The van der Waals surface area contributed by atoms with Gasteiger partial charge < -0.3 is 15.4 Å². The molecule has 0 aromatic heterocycles. The molecule has 4 saturated carbocycles. The zero-order chi connectivity index (χ0) is 22.2. The Morgan fingerprint density at radius 3 is 2.65 bits per heavy atom. The highest BCUT2D eigenvalue weighted by Crippen LogP contribution is 2.67. The van der Waals surface area contributed by atoms with Crippen molar-refractivity contribution in [3.8, 4) is 0 Å². The zero-order valence-corrected chi connectivity index (χ0v) is 19.2. The van der Waals surface area contributed by atoms with Crippen molar-refractivity contribution in [2.45, 2.75) is 101 Å². The second-order valence-corrected chi connectivity index (χ2v) is 10.8. The van der Waals surface area contributed by atoms with Crippen molar-refractivity contribution in [1.82, 2.24) is 16.1 Å². The molecule has 1 saturated heterocycles. The van der Waals surface area contributed by atoms with Gasteiger partial charge in [0, 0.05) is 30.5 Å². The summed E-state index contributed by atoms with van der Waals surface area (Å²) in [5.74, 6) is 0.384. The summed E-state index contributed by atoms with van der Waals surface area (Å²) in [6, 6.07) is 0.338. The van der Waals surface area contributed by atoms with Crippen LogP contribution in [0.15, 0.2) is 0 Å². The molecule has 0 aromatic carbocycles. The highest BCUT2D eigenvalue weighted by Gasteiger charge is 2.72. The quantitative estimate of drug-likeness (QED) is 0.364. The molecule has 6 atom stereocenters. The van der Waals surface area contributed by atoms with Gasteiger partial charge in [-0.25, -0.2) is 4.39 Å². The van der Waals surface area contributed by atoms with Gasteiger partial charge in [-0.3, -0.25) is 14.4 Å². The molecule has 2 bridgehead atoms. The van der Waals surface area contributed by atoms with Gasteiger partial charge in [0.25, 0.3) is 0 Å². The van der Waals surface area contributed by atoms with E-state index < -0.39 is 11.5 Å². The van der Waals surface area contributed by atoms with Gasteiger partial charge in [-0.05, 0) is 58.8 Å². The number of hydrogen-bond donors (Lipinski definition) is 3. The lowest BCUT2D eigenvalue weighted by atomic mass is 9.39. The van der Waals surface area contributed by atoms with Crippen LogP contribution < -0.4 is 16.1 Å². The first-order chi connectivity index (χ1) is 14.7. The van der Waals surface area contributed by atoms with E-state index in [4.69, 9.17) is 21.2 Å². The minimum Gasteiger partial charge on any atom is -0.368 e. The molecular weight excluding hydrogens is 425 g/mol. The van der Waals surface area contributed by atoms with Crippen molar-refractivity contribution >= 4 is 23.4 Å². The van der Waals surface area contributed by atoms with E-state index in [-0.39, 0.29) is 48.0 Å². The fourth-order valence-corrected chi connectivity index (χ4v) is 6.12. The van der Waals surface area contributed by atoms with E-state index in [0.29, 0.717) is 50.6 Å². The summed E-state index contributed by atoms with van der Waals surface area (Å²) in [7, 11) is 0. The molecule has 5 rings (SSSR count). The van der Waals surface area contributed by atoms with Crippen LogP contribution in [0.4, 0.5) is 4.39 Å². The summed E-state index contributed by atoms with van der Waals surface area (Å²) < 4.78 is 19.3. The largest absolute Gasteiger partial charge is 0.368 e. The molecule has 1 aliphatic heterocycles. The molecule has 5 fully saturated rings. The van der Waals surface area contributed by atoms with Gasteiger partial charge in [0.05, 0.1) is 23.0 Å². The van der Waals surface area contributed by atoms with Gasteiger partial charge in [0.2, 0.25) is 11.8 Å². The topological polar surface area (TPSA) is 88.7 Å². The van der Waals surface area contributed by atoms with Crippen molar-refractivity contribution in [3.63, 3.8) is 0 Å². The monoisotopic (exact) mass is 459 g/mol. The molecule has 0 aromatic rings. The van der Waals surface area contributed by atoms with E-state index >= 15 is 0 Å². The number of ether oxygens (including phenoxy) is 1. The van der Waals surface area contributed by atoms with Gasteiger partial charge in [-0.15, -0.1) is 11.6 Å². The molecule has 9 heteroatoms. The number of rotatable bonds is 9. The highest BCUT2D eigenvalue weighted by molar-refractivity contribution is 6.21. The number of hydrogen-bond acceptors (Lipinski definition) is 5. The number of nitrogens with one attached hydrogen (secondary N) is 3. The molecule has 3 N–H and O–H groups in total. The summed E-state index contributed by atoms with van der Waals surface area (Å²) in [5.41, 5.74) is 2.45. The molecule has 2 amide bonds. The average molecular weight is 460 g/mol. The molecular formula is C22H35ClFN3O4. The molecule has 1 heterocycles. The van der Waals surface area contributed by atoms with Crippen LogP contribution in [-0.2, 0) is 19.2 Å². The van der Waals surface area contributed by atoms with Crippen LogP contribution in [0.2, 0.25) is 0 Å². The molecule has 176 valence electrons. The summed E-state index contributed by atoms with van der Waals surface area (Å²) in [4.78, 5) is 30.3. The minimum atomic E-state index is -1.07. The third-order valence-corrected chi connectivity index (χ3v) is 8.19. The van der Waals surface area contributed by atoms with Crippen LogP contribution in [0.1, 0.15) is 65.2 Å². The van der Waals surface area contributed by atoms with Crippen LogP contribution in [0.5, 0.6) is 0 Å². The fraction of sp³-hybridized carbons (Fsp3) is 0.909. The molecule has 0 spiro atoms. The molecule has 4 aliphatic carbocycles. The number of amides is 2. The van der Waals surface area contributed by atoms with Crippen molar-refractivity contribution < 1.29 is 23.6 Å². The lowest BCUT2D eigenvalue weighted by Gasteiger charge is -2.69. The second kappa shape index (κ2) is 9.12. The Balaban J connectivity index is 1.10. The number of carbonyl (C=O) groups excluding carboxylic acids is 2. The Labute approximate surface area is 188 Å². The van der Waals surface area contributed by atoms with Crippen LogP contribution >= 0.6 is 11.6 Å². The predicted molar refractivity (Wildman–Crippen MR) is 114 cm³/mol. The first-order valence-electron chi connectivity index (χ1n) is 11.6. The van der Waals surface area contributed by atoms with Gasteiger partial charge >= 0.3 is 0 Å². The number of alkyl halides is 2. The van der Waals surface area contributed by atoms with Crippen LogP contribution in [0, 0.1) is 11.3 Å². The molecule has 5 aliphatic rings. The summed E-state index contributed by atoms with van der Waals surface area (Å²) >= 11 is 5.88. The maximum atomic E-state index is 13.7. The Bertz CT molecular complexity index is 666. The molecule has 31 heavy (non-hydrogen) atoms. The normalized spacial score (nSPS) is 43.6. The Morgan fingerprint density at radius 2 is 2.00 bits per heavy atom. The van der Waals surface area contributed by atoms with Gasteiger partial charge in [-0.1, -0.05) is 0 Å². The fourth-order valence-electron chi connectivity index (χ4n) is 5.89. The smallest absolute Gasteiger partial charge is 0.246 e. The Hall–Kier alpha value is -0.960. The maximum absolute atomic E-state index is 13.7. The first kappa shape index (κ1) is 23.2. The summed E-state index contributed by atoms with van der Waals surface area (Å²) in [6.07, 6.45) is 4.38. The minimum absolute atomic E-state index is 0.0676. The van der Waals surface area contributed by atoms with Gasteiger partial charge in [0.15, 0.2) is 0 Å². The van der Waals surface area contributed by atoms with Crippen LogP contribution in [-0.4, -0.2) is 60.3 Å². The van der Waals surface area contributed by atoms with E-state index in [2.05, 4.69) is 30.0 Å². The number of halogens is 2. The maximum Gasteiger partial charge on any atom is 0.246 e. The van der Waals surface area contributed by atoms with E-state index in [1.807, 2.05) is 0 Å². The third-order valence-electron chi connectivity index (χ3n) is 7.70. The molecule has 0 radical (unpaired) electrons. The summed E-state index contributed by atoms with van der Waals surface area (Å²) in [6.45, 7) is 4.80. The first-order valence-corrected chi connectivity index (χ1v) is 12.1. The SMILES string of the molecule is CC1NOC(C)C1CCCNC(=O)C12CC(NC(=O)COC3CCC(Cl)C(F)C3)(C1)C2. The van der Waals surface area contributed by atoms with Crippen molar-refractivity contribution in [1.29, 1.82) is 0 Å². The van der Waals surface area contributed by atoms with Crippen molar-refractivity contribution in [2.75, 3.05) is 13.2 Å². The predicted octanol–water partition coefficient (Wildman–Crippen LogP) is 2.36. The van der Waals surface area contributed by atoms with Crippen molar-refractivity contribution in [2.24, 2.45) is 11.3 Å². The Kier molecular flexibility index (Phi) is 6.83. The Morgan fingerprint density at radius 1 is 1.26 bits per heavy atom. The highest BCUT2D eigenvalue weighted by atomic mass is 35.5. The van der Waals surface area contributed by atoms with E-state index in [0.717, 1.165) is 12.8 Å². The molecule has 6 unspecified atom stereocenters. The van der Waals surface area contributed by atoms with E-state index in [9.17, 15) is 14.0 Å². The van der Waals surface area contributed by atoms with E-state index in [1.165, 1.54) is 0 Å². The second-order valence-electron chi connectivity index (χ2n) is 10.2. The van der Waals surface area contributed by atoms with Crippen molar-refractivity contribution in [3.05, 3.63) is 0 Å². The van der Waals surface area contributed by atoms with E-state index in [1.54, 1.807) is 0 Å². The number of carbonyl (C=O) groups is 2. The summed E-state index contributed by atoms with van der Waals surface area (Å²) in [5, 5.41) is 5.66. The lowest BCUT2D eigenvalue weighted by Crippen LogP contribution is -2.78. The third kappa shape index (κ3) is 4.87. The average Bonchev–Trinajstić information content (AvgIpc) is 2.99. The van der Waals surface area contributed by atoms with Gasteiger partial charge in [-0.2, -0.15) is 5.48 Å². The zero-order valence-electron chi connectivity index (χ0n) is 18.4.